The van der Waals surface area contributed by atoms with Gasteiger partial charge in [0.25, 0.3) is 0 Å². The van der Waals surface area contributed by atoms with Crippen molar-refractivity contribution in [2.24, 2.45) is 11.8 Å². The van der Waals surface area contributed by atoms with Crippen LogP contribution in [0.1, 0.15) is 71.6 Å². The van der Waals surface area contributed by atoms with Crippen molar-refractivity contribution in [1.82, 2.24) is 5.32 Å². The summed E-state index contributed by atoms with van der Waals surface area (Å²) in [5.74, 6) is -0.311. The van der Waals surface area contributed by atoms with Crippen molar-refractivity contribution in [2.75, 3.05) is 6.54 Å². The zero-order chi connectivity index (χ0) is 15.0. The molecule has 0 aromatic rings. The van der Waals surface area contributed by atoms with Gasteiger partial charge < -0.3 is 5.32 Å². The molecule has 2 atom stereocenters. The Kier molecular flexibility index (Phi) is 7.93. The number of hydrogen-bond acceptors (Lipinski definition) is 1. The number of unbranched alkanes of at least 4 members (excludes halogenated alkanes) is 3. The van der Waals surface area contributed by atoms with Gasteiger partial charge in [0.05, 0.1) is 5.92 Å². The largest absolute Gasteiger partial charge is 0.391 e. The van der Waals surface area contributed by atoms with Gasteiger partial charge in [0.1, 0.15) is 0 Å². The van der Waals surface area contributed by atoms with E-state index in [9.17, 15) is 13.2 Å². The standard InChI is InChI=1S/C16H30F3N/c1-13(2)8-5-3-4-6-11-20-15-10-7-9-14(12-15)16(17,18)19/h13-15,20H,3-12H2,1-2H3. The van der Waals surface area contributed by atoms with E-state index in [-0.39, 0.29) is 12.5 Å². The molecule has 1 saturated carbocycles. The molecule has 0 bridgehead atoms. The lowest BCUT2D eigenvalue weighted by atomic mass is 9.85. The summed E-state index contributed by atoms with van der Waals surface area (Å²) in [5.41, 5.74) is 0. The first kappa shape index (κ1) is 17.8. The highest BCUT2D eigenvalue weighted by molar-refractivity contribution is 4.81. The minimum absolute atomic E-state index is 0.0750. The van der Waals surface area contributed by atoms with Crippen molar-refractivity contribution in [3.05, 3.63) is 0 Å². The van der Waals surface area contributed by atoms with Gasteiger partial charge in [0.15, 0.2) is 0 Å². The van der Waals surface area contributed by atoms with Gasteiger partial charge in [-0.2, -0.15) is 13.2 Å². The molecule has 1 aliphatic carbocycles. The zero-order valence-electron chi connectivity index (χ0n) is 12.9. The molecule has 0 aliphatic heterocycles. The van der Waals surface area contributed by atoms with Gasteiger partial charge in [-0.15, -0.1) is 0 Å². The Labute approximate surface area is 121 Å². The fraction of sp³-hybridized carbons (Fsp3) is 1.00. The van der Waals surface area contributed by atoms with Crippen LogP contribution in [0.15, 0.2) is 0 Å². The number of rotatable bonds is 8. The van der Waals surface area contributed by atoms with Crippen molar-refractivity contribution in [1.29, 1.82) is 0 Å². The number of nitrogens with one attached hydrogen (secondary N) is 1. The SMILES string of the molecule is CC(C)CCCCCCNC1CCCC(C(F)(F)F)C1. The Bertz CT molecular complexity index is 251. The predicted molar refractivity (Wildman–Crippen MR) is 77.7 cm³/mol. The molecule has 0 saturated heterocycles. The lowest BCUT2D eigenvalue weighted by Crippen LogP contribution is -2.39. The van der Waals surface area contributed by atoms with E-state index in [0.717, 1.165) is 25.3 Å². The third-order valence-electron chi connectivity index (χ3n) is 4.28. The van der Waals surface area contributed by atoms with Crippen LogP contribution in [0.25, 0.3) is 0 Å². The molecule has 0 aromatic heterocycles. The maximum absolute atomic E-state index is 12.7. The average molecular weight is 293 g/mol. The first-order valence-electron chi connectivity index (χ1n) is 8.19. The van der Waals surface area contributed by atoms with Crippen LogP contribution in [0.2, 0.25) is 0 Å². The van der Waals surface area contributed by atoms with E-state index >= 15 is 0 Å². The highest BCUT2D eigenvalue weighted by Gasteiger charge is 2.41. The van der Waals surface area contributed by atoms with Crippen LogP contribution in [-0.4, -0.2) is 18.8 Å². The Morgan fingerprint density at radius 2 is 1.75 bits per heavy atom. The summed E-state index contributed by atoms with van der Waals surface area (Å²) in [6.07, 6.45) is 4.28. The maximum atomic E-state index is 12.7. The number of halogens is 3. The Balaban J connectivity index is 2.04. The van der Waals surface area contributed by atoms with Crippen LogP contribution in [0.3, 0.4) is 0 Å². The lowest BCUT2D eigenvalue weighted by molar-refractivity contribution is -0.183. The third kappa shape index (κ3) is 7.51. The molecule has 0 heterocycles. The van der Waals surface area contributed by atoms with Crippen molar-refractivity contribution in [2.45, 2.75) is 83.9 Å². The van der Waals surface area contributed by atoms with E-state index < -0.39 is 12.1 Å². The Morgan fingerprint density at radius 1 is 1.05 bits per heavy atom. The molecule has 0 radical (unpaired) electrons. The van der Waals surface area contributed by atoms with Gasteiger partial charge >= 0.3 is 6.18 Å². The summed E-state index contributed by atoms with van der Waals surface area (Å²) in [4.78, 5) is 0. The van der Waals surface area contributed by atoms with Crippen LogP contribution in [0.4, 0.5) is 13.2 Å². The highest BCUT2D eigenvalue weighted by atomic mass is 19.4. The zero-order valence-corrected chi connectivity index (χ0v) is 12.9. The quantitative estimate of drug-likeness (QED) is 0.598. The van der Waals surface area contributed by atoms with Gasteiger partial charge in [0.2, 0.25) is 0 Å². The molecule has 1 fully saturated rings. The van der Waals surface area contributed by atoms with Crippen LogP contribution in [-0.2, 0) is 0 Å². The van der Waals surface area contributed by atoms with Gasteiger partial charge in [0, 0.05) is 6.04 Å². The van der Waals surface area contributed by atoms with Gasteiger partial charge in [-0.3, -0.25) is 0 Å². The van der Waals surface area contributed by atoms with E-state index in [2.05, 4.69) is 19.2 Å². The summed E-state index contributed by atoms with van der Waals surface area (Å²) in [6.45, 7) is 5.35. The smallest absolute Gasteiger partial charge is 0.314 e. The summed E-state index contributed by atoms with van der Waals surface area (Å²) >= 11 is 0. The average Bonchev–Trinajstić information content (AvgIpc) is 2.36. The molecule has 1 N–H and O–H groups in total. The van der Waals surface area contributed by atoms with Crippen LogP contribution in [0, 0.1) is 11.8 Å². The van der Waals surface area contributed by atoms with Crippen molar-refractivity contribution < 1.29 is 13.2 Å². The molecule has 1 aliphatic rings. The molecule has 1 nitrogen and oxygen atoms in total. The molecule has 0 spiro atoms. The molecular weight excluding hydrogens is 263 g/mol. The van der Waals surface area contributed by atoms with Gasteiger partial charge in [-0.25, -0.2) is 0 Å². The topological polar surface area (TPSA) is 12.0 Å². The Morgan fingerprint density at radius 3 is 2.40 bits per heavy atom. The summed E-state index contributed by atoms with van der Waals surface area (Å²) in [5, 5.41) is 3.32. The van der Waals surface area contributed by atoms with E-state index in [0.29, 0.717) is 12.8 Å². The molecule has 20 heavy (non-hydrogen) atoms. The normalized spacial score (nSPS) is 24.3. The van der Waals surface area contributed by atoms with Gasteiger partial charge in [-0.05, 0) is 38.1 Å². The molecule has 0 aromatic carbocycles. The second kappa shape index (κ2) is 8.91. The Hall–Kier alpha value is -0.250. The van der Waals surface area contributed by atoms with E-state index in [1.54, 1.807) is 0 Å². The lowest BCUT2D eigenvalue weighted by Gasteiger charge is -2.31. The third-order valence-corrected chi connectivity index (χ3v) is 4.28. The predicted octanol–water partition coefficient (Wildman–Crippen LogP) is 5.30. The van der Waals surface area contributed by atoms with Crippen molar-refractivity contribution in [3.8, 4) is 0 Å². The molecule has 120 valence electrons. The minimum atomic E-state index is -4.00. The van der Waals surface area contributed by atoms with E-state index in [4.69, 9.17) is 0 Å². The number of alkyl halides is 3. The number of hydrogen-bond donors (Lipinski definition) is 1. The molecule has 0 amide bonds. The molecule has 4 heteroatoms. The summed E-state index contributed by atoms with van der Waals surface area (Å²) < 4.78 is 38.0. The van der Waals surface area contributed by atoms with Crippen molar-refractivity contribution >= 4 is 0 Å². The first-order chi connectivity index (χ1) is 9.39. The fourth-order valence-electron chi connectivity index (χ4n) is 3.01. The van der Waals surface area contributed by atoms with Crippen LogP contribution >= 0.6 is 0 Å². The monoisotopic (exact) mass is 293 g/mol. The maximum Gasteiger partial charge on any atom is 0.391 e. The van der Waals surface area contributed by atoms with Gasteiger partial charge in [-0.1, -0.05) is 46.0 Å². The second-order valence-electron chi connectivity index (χ2n) is 6.65. The van der Waals surface area contributed by atoms with Crippen molar-refractivity contribution in [3.63, 3.8) is 0 Å². The first-order valence-corrected chi connectivity index (χ1v) is 8.19. The summed E-state index contributed by atoms with van der Waals surface area (Å²) in [7, 11) is 0. The van der Waals surface area contributed by atoms with E-state index in [1.807, 2.05) is 0 Å². The minimum Gasteiger partial charge on any atom is -0.314 e. The van der Waals surface area contributed by atoms with Crippen LogP contribution < -0.4 is 5.32 Å². The highest BCUT2D eigenvalue weighted by Crippen LogP contribution is 2.37. The fourth-order valence-corrected chi connectivity index (χ4v) is 3.01. The molecular formula is C16H30F3N. The van der Waals surface area contributed by atoms with E-state index in [1.165, 1.54) is 25.7 Å². The summed E-state index contributed by atoms with van der Waals surface area (Å²) in [6, 6.07) is 0.0750. The molecule has 2 unspecified atom stereocenters. The second-order valence-corrected chi connectivity index (χ2v) is 6.65. The van der Waals surface area contributed by atoms with Crippen LogP contribution in [0.5, 0.6) is 0 Å². The molecule has 1 rings (SSSR count).